The summed E-state index contributed by atoms with van der Waals surface area (Å²) in [5, 5.41) is 10.9. The predicted molar refractivity (Wildman–Crippen MR) is 161 cm³/mol. The van der Waals surface area contributed by atoms with Crippen LogP contribution in [0.5, 0.6) is 5.75 Å². The number of benzene rings is 1. The largest absolute Gasteiger partial charge is 1.00 e. The molecule has 0 aliphatic heterocycles. The molecular formula is C32H46F5NaO6S2. The third-order valence-corrected chi connectivity index (χ3v) is 12.6. The second-order valence-corrected chi connectivity index (χ2v) is 16.3. The van der Waals surface area contributed by atoms with Crippen molar-refractivity contribution in [3.05, 3.63) is 29.3 Å². The fraction of sp³-hybridized carbons (Fsp3) is 0.812. The summed E-state index contributed by atoms with van der Waals surface area (Å²) >= 11 is 0. The molecule has 14 heteroatoms. The Morgan fingerprint density at radius 3 is 2.26 bits per heavy atom. The van der Waals surface area contributed by atoms with Gasteiger partial charge in [0.15, 0.2) is 0 Å². The quantitative estimate of drug-likeness (QED) is 0.0869. The molecule has 7 atom stereocenters. The standard InChI is InChI=1S/C32H47F5O6S2.Na/c1-30-17-15-26-25-12-11-24(43-45(40,41)42)21-23(25)20-22(29(26)27(30)13-14-28(30)38)10-7-5-3-2-4-6-8-18-44(39)19-9-16-31(33,34)32(35,36)37;/h11-12,21-22,26-29,38H,2-10,13-20H2,1H3,(H,40,41,42);/q;+1/p-1. The number of halogens is 5. The Morgan fingerprint density at radius 1 is 0.978 bits per heavy atom. The van der Waals surface area contributed by atoms with Crippen molar-refractivity contribution in [2.75, 3.05) is 11.5 Å². The number of alkyl halides is 5. The maximum atomic E-state index is 13.0. The van der Waals surface area contributed by atoms with Gasteiger partial charge in [-0.3, -0.25) is 4.21 Å². The van der Waals surface area contributed by atoms with Gasteiger partial charge in [-0.15, -0.1) is 0 Å². The minimum Gasteiger partial charge on any atom is -0.716 e. The zero-order chi connectivity index (χ0) is 33.0. The molecule has 3 aliphatic rings. The van der Waals surface area contributed by atoms with Gasteiger partial charge >= 0.3 is 41.7 Å². The predicted octanol–water partition coefficient (Wildman–Crippen LogP) is 4.82. The number of hydrogen-bond acceptors (Lipinski definition) is 6. The fourth-order valence-corrected chi connectivity index (χ4v) is 9.98. The van der Waals surface area contributed by atoms with Gasteiger partial charge in [0.2, 0.25) is 0 Å². The molecule has 0 radical (unpaired) electrons. The number of aliphatic hydroxyl groups excluding tert-OH is 1. The van der Waals surface area contributed by atoms with Crippen LogP contribution in [0.4, 0.5) is 22.0 Å². The van der Waals surface area contributed by atoms with E-state index in [2.05, 4.69) is 11.1 Å². The van der Waals surface area contributed by atoms with Crippen LogP contribution >= 0.6 is 0 Å². The summed E-state index contributed by atoms with van der Waals surface area (Å²) in [6.45, 7) is 2.23. The van der Waals surface area contributed by atoms with Crippen molar-refractivity contribution in [3.8, 4) is 5.75 Å². The first-order valence-electron chi connectivity index (χ1n) is 16.3. The number of aliphatic hydroxyl groups is 1. The molecule has 1 aromatic carbocycles. The van der Waals surface area contributed by atoms with Gasteiger partial charge in [-0.2, -0.15) is 22.0 Å². The van der Waals surface area contributed by atoms with Crippen LogP contribution < -0.4 is 33.7 Å². The Balaban J connectivity index is 0.00000576. The first-order chi connectivity index (χ1) is 21.0. The van der Waals surface area contributed by atoms with Crippen LogP contribution in [0.25, 0.3) is 0 Å². The Morgan fingerprint density at radius 2 is 1.61 bits per heavy atom. The summed E-state index contributed by atoms with van der Waals surface area (Å²) < 4.78 is 113. The number of fused-ring (bicyclic) bond motifs is 5. The zero-order valence-corrected chi connectivity index (χ0v) is 30.5. The van der Waals surface area contributed by atoms with E-state index in [9.17, 15) is 44.2 Å². The van der Waals surface area contributed by atoms with Crippen molar-refractivity contribution in [2.45, 2.75) is 127 Å². The molecule has 0 aromatic heterocycles. The summed E-state index contributed by atoms with van der Waals surface area (Å²) in [6.07, 6.45) is 4.44. The molecular weight excluding hydrogens is 662 g/mol. The van der Waals surface area contributed by atoms with E-state index in [-0.39, 0.29) is 52.6 Å². The molecule has 0 bridgehead atoms. The normalized spacial score (nSPS) is 28.5. The molecule has 0 saturated heterocycles. The Labute approximate surface area is 294 Å². The first kappa shape index (κ1) is 40.1. The van der Waals surface area contributed by atoms with Crippen molar-refractivity contribution in [1.29, 1.82) is 0 Å². The van der Waals surface area contributed by atoms with Gasteiger partial charge in [0.1, 0.15) is 5.75 Å². The van der Waals surface area contributed by atoms with E-state index in [4.69, 9.17) is 0 Å². The Kier molecular flexibility index (Phi) is 14.5. The van der Waals surface area contributed by atoms with Crippen LogP contribution in [0.15, 0.2) is 18.2 Å². The minimum atomic E-state index is -5.57. The van der Waals surface area contributed by atoms with Crippen LogP contribution in [-0.4, -0.2) is 52.0 Å². The Hall–Kier alpha value is -0.310. The summed E-state index contributed by atoms with van der Waals surface area (Å²) in [4.78, 5) is 0. The van der Waals surface area contributed by atoms with E-state index in [1.807, 2.05) is 6.07 Å². The molecule has 7 unspecified atom stereocenters. The van der Waals surface area contributed by atoms with E-state index >= 15 is 0 Å². The second-order valence-electron chi connectivity index (χ2n) is 13.7. The molecule has 0 spiro atoms. The number of unbranched alkanes of at least 4 members (excludes halogenated alkanes) is 6. The SMILES string of the molecule is CC12CCC3c4ccc(OS(=O)(=O)[O-])cc4CC(CCCCCCCCCS(=O)CCCC(F)(F)C(F)(F)F)C3C1CCC2O.[Na+]. The van der Waals surface area contributed by atoms with Crippen molar-refractivity contribution in [2.24, 2.45) is 23.2 Å². The first-order valence-corrected chi connectivity index (χ1v) is 19.1. The fourth-order valence-electron chi connectivity index (χ4n) is 8.44. The minimum absolute atomic E-state index is 0. The van der Waals surface area contributed by atoms with Gasteiger partial charge in [0.05, 0.1) is 6.10 Å². The van der Waals surface area contributed by atoms with Crippen molar-refractivity contribution in [3.63, 3.8) is 0 Å². The summed E-state index contributed by atoms with van der Waals surface area (Å²) in [6, 6.07) is 5.19. The number of hydrogen-bond donors (Lipinski definition) is 1. The van der Waals surface area contributed by atoms with Crippen LogP contribution in [-0.2, 0) is 27.6 Å². The third-order valence-electron chi connectivity index (χ3n) is 10.7. The molecule has 2 saturated carbocycles. The maximum absolute atomic E-state index is 13.0. The monoisotopic (exact) mass is 708 g/mol. The number of rotatable bonds is 16. The molecule has 0 heterocycles. The molecule has 6 nitrogen and oxygen atoms in total. The molecule has 46 heavy (non-hydrogen) atoms. The van der Waals surface area contributed by atoms with Crippen molar-refractivity contribution in [1.82, 2.24) is 0 Å². The van der Waals surface area contributed by atoms with Crippen LogP contribution in [0.3, 0.4) is 0 Å². The van der Waals surface area contributed by atoms with Gasteiger partial charge in [-0.05, 0) is 104 Å². The van der Waals surface area contributed by atoms with E-state index in [1.165, 1.54) is 5.56 Å². The van der Waals surface area contributed by atoms with Crippen molar-refractivity contribution < 1.29 is 78.0 Å². The molecule has 4 rings (SSSR count). The summed E-state index contributed by atoms with van der Waals surface area (Å²) in [7, 11) is -6.26. The third kappa shape index (κ3) is 10.1. The molecule has 1 N–H and O–H groups in total. The summed E-state index contributed by atoms with van der Waals surface area (Å²) in [5.41, 5.74) is 2.15. The van der Waals surface area contributed by atoms with Crippen LogP contribution in [0.2, 0.25) is 0 Å². The molecule has 258 valence electrons. The second kappa shape index (κ2) is 16.6. The average molecular weight is 709 g/mol. The Bertz CT molecular complexity index is 1280. The van der Waals surface area contributed by atoms with E-state index in [1.54, 1.807) is 12.1 Å². The van der Waals surface area contributed by atoms with E-state index in [0.29, 0.717) is 35.8 Å². The van der Waals surface area contributed by atoms with Gasteiger partial charge in [-0.1, -0.05) is 51.5 Å². The van der Waals surface area contributed by atoms with Crippen molar-refractivity contribution >= 4 is 21.2 Å². The summed E-state index contributed by atoms with van der Waals surface area (Å²) in [5.74, 6) is -2.97. The molecule has 3 aliphatic carbocycles. The van der Waals surface area contributed by atoms with E-state index < -0.39 is 46.1 Å². The van der Waals surface area contributed by atoms with E-state index in [0.717, 1.165) is 82.6 Å². The zero-order valence-electron chi connectivity index (χ0n) is 26.8. The topological polar surface area (TPSA) is 104 Å². The van der Waals surface area contributed by atoms with Gasteiger partial charge < -0.3 is 13.8 Å². The molecule has 1 aromatic rings. The van der Waals surface area contributed by atoms with Crippen LogP contribution in [0.1, 0.15) is 114 Å². The molecule has 0 amide bonds. The van der Waals surface area contributed by atoms with Gasteiger partial charge in [0, 0.05) is 28.7 Å². The van der Waals surface area contributed by atoms with Gasteiger partial charge in [0.25, 0.3) is 10.4 Å². The maximum Gasteiger partial charge on any atom is 1.00 e. The smallest absolute Gasteiger partial charge is 0.716 e. The van der Waals surface area contributed by atoms with Gasteiger partial charge in [-0.25, -0.2) is 8.42 Å². The van der Waals surface area contributed by atoms with Crippen LogP contribution in [0, 0.1) is 23.2 Å². The molecule has 2 fully saturated rings. The average Bonchev–Trinajstić information content (AvgIpc) is 3.24.